The van der Waals surface area contributed by atoms with Crippen LogP contribution >= 0.6 is 0 Å². The van der Waals surface area contributed by atoms with Gasteiger partial charge in [-0.1, -0.05) is 24.3 Å². The Bertz CT molecular complexity index is 810. The Morgan fingerprint density at radius 1 is 1.29 bits per heavy atom. The van der Waals surface area contributed by atoms with E-state index >= 15 is 0 Å². The van der Waals surface area contributed by atoms with Crippen LogP contribution in [-0.4, -0.2) is 38.2 Å². The van der Waals surface area contributed by atoms with Crippen molar-refractivity contribution in [3.8, 4) is 0 Å². The summed E-state index contributed by atoms with van der Waals surface area (Å²) < 4.78 is 1.77. The second kappa shape index (κ2) is 6.11. The van der Waals surface area contributed by atoms with E-state index in [4.69, 9.17) is 0 Å². The van der Waals surface area contributed by atoms with Crippen LogP contribution in [0.4, 0.5) is 0 Å². The van der Waals surface area contributed by atoms with Crippen molar-refractivity contribution in [3.05, 3.63) is 52.3 Å². The molecule has 6 heteroatoms. The number of hydrogen-bond acceptors (Lipinski definition) is 3. The average molecular weight is 327 g/mol. The lowest BCUT2D eigenvalue weighted by Crippen LogP contribution is -2.41. The molecule has 0 fully saturated rings. The highest BCUT2D eigenvalue weighted by Crippen LogP contribution is 2.29. The molecule has 1 N–H and O–H groups in total. The van der Waals surface area contributed by atoms with Gasteiger partial charge in [0.05, 0.1) is 18.0 Å². The van der Waals surface area contributed by atoms with E-state index in [0.29, 0.717) is 6.54 Å². The lowest BCUT2D eigenvalue weighted by atomic mass is 9.89. The minimum atomic E-state index is -0.895. The van der Waals surface area contributed by atoms with E-state index in [9.17, 15) is 14.7 Å². The number of fused-ring (bicyclic) bond motifs is 1. The molecule has 1 amide bonds. The minimum Gasteiger partial charge on any atom is -0.481 e. The quantitative estimate of drug-likeness (QED) is 0.932. The summed E-state index contributed by atoms with van der Waals surface area (Å²) in [5.41, 5.74) is 4.45. The van der Waals surface area contributed by atoms with Gasteiger partial charge in [0.15, 0.2) is 0 Å². The largest absolute Gasteiger partial charge is 0.481 e. The van der Waals surface area contributed by atoms with Crippen molar-refractivity contribution in [1.29, 1.82) is 0 Å². The molecule has 1 aliphatic heterocycles. The first kappa shape index (κ1) is 16.2. The fourth-order valence-electron chi connectivity index (χ4n) is 3.34. The van der Waals surface area contributed by atoms with Gasteiger partial charge in [-0.2, -0.15) is 5.10 Å². The number of rotatable bonds is 3. The van der Waals surface area contributed by atoms with Crippen LogP contribution in [0.25, 0.3) is 0 Å². The maximum Gasteiger partial charge on any atom is 0.312 e. The SMILES string of the molecule is Cc1nn(C)c(C)c1CC(=O)N1Cc2ccccc2C(C(=O)O)C1. The smallest absolute Gasteiger partial charge is 0.312 e. The summed E-state index contributed by atoms with van der Waals surface area (Å²) in [6.45, 7) is 4.50. The fourth-order valence-corrected chi connectivity index (χ4v) is 3.34. The maximum atomic E-state index is 12.8. The highest BCUT2D eigenvalue weighted by Gasteiger charge is 2.32. The molecule has 0 saturated carbocycles. The molecule has 1 aliphatic rings. The third kappa shape index (κ3) is 2.79. The zero-order chi connectivity index (χ0) is 17.4. The van der Waals surface area contributed by atoms with E-state index in [2.05, 4.69) is 5.10 Å². The Kier molecular flexibility index (Phi) is 4.13. The molecular formula is C18H21N3O3. The van der Waals surface area contributed by atoms with Gasteiger partial charge >= 0.3 is 5.97 Å². The van der Waals surface area contributed by atoms with Gasteiger partial charge in [-0.15, -0.1) is 0 Å². The third-order valence-corrected chi connectivity index (χ3v) is 4.83. The Hall–Kier alpha value is -2.63. The zero-order valence-electron chi connectivity index (χ0n) is 14.1. The van der Waals surface area contributed by atoms with Crippen molar-refractivity contribution >= 4 is 11.9 Å². The highest BCUT2D eigenvalue weighted by atomic mass is 16.4. The minimum absolute atomic E-state index is 0.0602. The second-order valence-electron chi connectivity index (χ2n) is 6.31. The lowest BCUT2D eigenvalue weighted by Gasteiger charge is -2.33. The normalized spacial score (nSPS) is 16.8. The molecular weight excluding hydrogens is 306 g/mol. The molecule has 1 aromatic heterocycles. The van der Waals surface area contributed by atoms with Crippen molar-refractivity contribution < 1.29 is 14.7 Å². The standard InChI is InChI=1S/C18H21N3O3/c1-11-15(12(2)20(3)19-11)8-17(22)21-9-13-6-4-5-7-14(13)16(10-21)18(23)24/h4-7,16H,8-10H2,1-3H3,(H,23,24). The summed E-state index contributed by atoms with van der Waals surface area (Å²) in [6.07, 6.45) is 0.250. The van der Waals surface area contributed by atoms with Crippen LogP contribution in [0.5, 0.6) is 0 Å². The molecule has 126 valence electrons. The van der Waals surface area contributed by atoms with E-state index in [0.717, 1.165) is 28.1 Å². The van der Waals surface area contributed by atoms with Gasteiger partial charge in [-0.05, 0) is 25.0 Å². The number of benzene rings is 1. The summed E-state index contributed by atoms with van der Waals surface area (Å²) in [5, 5.41) is 13.9. The first-order chi connectivity index (χ1) is 11.4. The van der Waals surface area contributed by atoms with Crippen LogP contribution in [0.15, 0.2) is 24.3 Å². The van der Waals surface area contributed by atoms with Crippen LogP contribution < -0.4 is 0 Å². The van der Waals surface area contributed by atoms with Gasteiger partial charge in [0.25, 0.3) is 0 Å². The highest BCUT2D eigenvalue weighted by molar-refractivity contribution is 5.83. The summed E-state index contributed by atoms with van der Waals surface area (Å²) in [6, 6.07) is 7.45. The second-order valence-corrected chi connectivity index (χ2v) is 6.31. The first-order valence-corrected chi connectivity index (χ1v) is 7.96. The molecule has 0 saturated heterocycles. The van der Waals surface area contributed by atoms with Crippen LogP contribution in [0.1, 0.15) is 34.0 Å². The number of hydrogen-bond donors (Lipinski definition) is 1. The third-order valence-electron chi connectivity index (χ3n) is 4.83. The predicted molar refractivity (Wildman–Crippen MR) is 88.6 cm³/mol. The number of aliphatic carboxylic acids is 1. The summed E-state index contributed by atoms with van der Waals surface area (Å²) in [5.74, 6) is -1.63. The van der Waals surface area contributed by atoms with Crippen molar-refractivity contribution in [1.82, 2.24) is 14.7 Å². The van der Waals surface area contributed by atoms with Crippen LogP contribution in [-0.2, 0) is 29.6 Å². The van der Waals surface area contributed by atoms with Gasteiger partial charge in [-0.25, -0.2) is 0 Å². The van der Waals surface area contributed by atoms with Crippen molar-refractivity contribution in [3.63, 3.8) is 0 Å². The maximum absolute atomic E-state index is 12.8. The Morgan fingerprint density at radius 3 is 2.62 bits per heavy atom. The molecule has 1 unspecified atom stereocenters. The summed E-state index contributed by atoms with van der Waals surface area (Å²) in [7, 11) is 1.86. The van der Waals surface area contributed by atoms with Gasteiger partial charge < -0.3 is 10.0 Å². The van der Waals surface area contributed by atoms with Crippen molar-refractivity contribution in [2.75, 3.05) is 6.54 Å². The number of carbonyl (C=O) groups excluding carboxylic acids is 1. The van der Waals surface area contributed by atoms with E-state index in [-0.39, 0.29) is 18.9 Å². The van der Waals surface area contributed by atoms with E-state index < -0.39 is 11.9 Å². The van der Waals surface area contributed by atoms with Crippen LogP contribution in [0, 0.1) is 13.8 Å². The average Bonchev–Trinajstić information content (AvgIpc) is 2.79. The van der Waals surface area contributed by atoms with Crippen molar-refractivity contribution in [2.24, 2.45) is 7.05 Å². The number of nitrogens with zero attached hydrogens (tertiary/aromatic N) is 3. The summed E-state index contributed by atoms with van der Waals surface area (Å²) >= 11 is 0. The van der Waals surface area contributed by atoms with Gasteiger partial charge in [0.1, 0.15) is 0 Å². The van der Waals surface area contributed by atoms with Gasteiger partial charge in [-0.3, -0.25) is 14.3 Å². The predicted octanol–water partition coefficient (Wildman–Crippen LogP) is 1.79. The van der Waals surface area contributed by atoms with E-state index in [1.165, 1.54) is 0 Å². The van der Waals surface area contributed by atoms with Gasteiger partial charge in [0, 0.05) is 31.4 Å². The fraction of sp³-hybridized carbons (Fsp3) is 0.389. The molecule has 1 aromatic carbocycles. The molecule has 1 atom stereocenters. The Balaban J connectivity index is 1.85. The lowest BCUT2D eigenvalue weighted by molar-refractivity contribution is -0.141. The number of carbonyl (C=O) groups is 2. The molecule has 0 bridgehead atoms. The molecule has 2 heterocycles. The Labute approximate surface area is 140 Å². The number of aromatic nitrogens is 2. The number of carboxylic acids is 1. The van der Waals surface area contributed by atoms with E-state index in [1.54, 1.807) is 9.58 Å². The molecule has 0 spiro atoms. The van der Waals surface area contributed by atoms with Crippen LogP contribution in [0.3, 0.4) is 0 Å². The monoisotopic (exact) mass is 327 g/mol. The van der Waals surface area contributed by atoms with Crippen molar-refractivity contribution in [2.45, 2.75) is 32.7 Å². The van der Waals surface area contributed by atoms with E-state index in [1.807, 2.05) is 45.2 Å². The molecule has 0 aliphatic carbocycles. The topological polar surface area (TPSA) is 75.4 Å². The van der Waals surface area contributed by atoms with Crippen LogP contribution in [0.2, 0.25) is 0 Å². The molecule has 3 rings (SSSR count). The Morgan fingerprint density at radius 2 is 2.00 bits per heavy atom. The number of aryl methyl sites for hydroxylation is 2. The zero-order valence-corrected chi connectivity index (χ0v) is 14.1. The molecule has 6 nitrogen and oxygen atoms in total. The molecule has 2 aromatic rings. The molecule has 24 heavy (non-hydrogen) atoms. The molecule has 0 radical (unpaired) electrons. The number of carboxylic acid groups (broad SMARTS) is 1. The summed E-state index contributed by atoms with van der Waals surface area (Å²) in [4.78, 5) is 26.0. The van der Waals surface area contributed by atoms with Gasteiger partial charge in [0.2, 0.25) is 5.91 Å². The number of amides is 1. The first-order valence-electron chi connectivity index (χ1n) is 7.96.